The molecule has 0 radical (unpaired) electrons. The molecule has 1 amide bonds. The molecule has 1 aromatic rings. The van der Waals surface area contributed by atoms with Gasteiger partial charge in [0, 0.05) is 58.3 Å². The van der Waals surface area contributed by atoms with Crippen LogP contribution >= 0.6 is 0 Å². The second-order valence-corrected chi connectivity index (χ2v) is 7.28. The van der Waals surface area contributed by atoms with Crippen LogP contribution in [0.1, 0.15) is 31.7 Å². The first-order chi connectivity index (χ1) is 12.2. The highest BCUT2D eigenvalue weighted by Gasteiger charge is 2.25. The van der Waals surface area contributed by atoms with E-state index in [1.807, 2.05) is 6.07 Å². The summed E-state index contributed by atoms with van der Waals surface area (Å²) in [7, 11) is 0. The van der Waals surface area contributed by atoms with Gasteiger partial charge < -0.3 is 9.80 Å². The molecular weight excluding hydrogens is 310 g/mol. The lowest BCUT2D eigenvalue weighted by Gasteiger charge is -2.34. The molecule has 0 N–H and O–H groups in total. The topological polar surface area (TPSA) is 26.8 Å². The highest BCUT2D eigenvalue weighted by molar-refractivity contribution is 5.77. The Balaban J connectivity index is 1.33. The Morgan fingerprint density at radius 2 is 1.80 bits per heavy atom. The van der Waals surface area contributed by atoms with Gasteiger partial charge in [0.05, 0.1) is 0 Å². The standard InChI is InChI=1S/C21H31N3O/c1-19-7-5-13-24(19)21(25)11-14-23-17-15-22(16-18-23)12-6-10-20-8-3-2-4-9-20/h2-4,6,8-10,19H,5,7,11-18H2,1H3. The van der Waals surface area contributed by atoms with Crippen LogP contribution in [-0.4, -0.2) is 72.5 Å². The van der Waals surface area contributed by atoms with E-state index < -0.39 is 0 Å². The number of rotatable bonds is 6. The third-order valence-corrected chi connectivity index (χ3v) is 5.45. The largest absolute Gasteiger partial charge is 0.340 e. The molecule has 0 bridgehead atoms. The minimum atomic E-state index is 0.346. The van der Waals surface area contributed by atoms with E-state index in [9.17, 15) is 4.79 Å². The van der Waals surface area contributed by atoms with Gasteiger partial charge in [-0.2, -0.15) is 0 Å². The lowest BCUT2D eigenvalue weighted by Crippen LogP contribution is -2.47. The molecule has 136 valence electrons. The zero-order valence-corrected chi connectivity index (χ0v) is 15.4. The monoisotopic (exact) mass is 341 g/mol. The Morgan fingerprint density at radius 1 is 1.08 bits per heavy atom. The number of hydrogen-bond donors (Lipinski definition) is 0. The summed E-state index contributed by atoms with van der Waals surface area (Å²) in [6, 6.07) is 10.9. The number of hydrogen-bond acceptors (Lipinski definition) is 3. The molecule has 1 unspecified atom stereocenters. The molecule has 25 heavy (non-hydrogen) atoms. The van der Waals surface area contributed by atoms with Gasteiger partial charge in [0.2, 0.25) is 5.91 Å². The summed E-state index contributed by atoms with van der Waals surface area (Å²) in [5, 5.41) is 0. The van der Waals surface area contributed by atoms with Crippen LogP contribution in [0.3, 0.4) is 0 Å². The van der Waals surface area contributed by atoms with E-state index in [1.54, 1.807) is 0 Å². The van der Waals surface area contributed by atoms with Crippen LogP contribution in [0, 0.1) is 0 Å². The van der Waals surface area contributed by atoms with Crippen LogP contribution in [0.5, 0.6) is 0 Å². The third kappa shape index (κ3) is 5.41. The number of likely N-dealkylation sites (tertiary alicyclic amines) is 1. The maximum Gasteiger partial charge on any atom is 0.224 e. The molecule has 4 heteroatoms. The van der Waals surface area contributed by atoms with Crippen molar-refractivity contribution in [3.63, 3.8) is 0 Å². The van der Waals surface area contributed by atoms with Crippen molar-refractivity contribution < 1.29 is 4.79 Å². The summed E-state index contributed by atoms with van der Waals surface area (Å²) >= 11 is 0. The number of nitrogens with zero attached hydrogens (tertiary/aromatic N) is 3. The average Bonchev–Trinajstić information content (AvgIpc) is 3.08. The van der Waals surface area contributed by atoms with E-state index in [-0.39, 0.29) is 0 Å². The fraction of sp³-hybridized carbons (Fsp3) is 0.571. The number of piperazine rings is 1. The van der Waals surface area contributed by atoms with Crippen molar-refractivity contribution in [2.45, 2.75) is 32.2 Å². The first kappa shape index (κ1) is 18.2. The third-order valence-electron chi connectivity index (χ3n) is 5.45. The van der Waals surface area contributed by atoms with Crippen LogP contribution in [0.15, 0.2) is 36.4 Å². The average molecular weight is 341 g/mol. The van der Waals surface area contributed by atoms with Gasteiger partial charge in [0.15, 0.2) is 0 Å². The fourth-order valence-corrected chi connectivity index (χ4v) is 3.80. The number of carbonyl (C=O) groups is 1. The molecule has 2 fully saturated rings. The predicted octanol–water partition coefficient (Wildman–Crippen LogP) is 2.72. The highest BCUT2D eigenvalue weighted by Crippen LogP contribution is 2.17. The van der Waals surface area contributed by atoms with Gasteiger partial charge >= 0.3 is 0 Å². The van der Waals surface area contributed by atoms with Crippen molar-refractivity contribution in [2.75, 3.05) is 45.8 Å². The maximum atomic E-state index is 12.3. The molecule has 0 saturated carbocycles. The van der Waals surface area contributed by atoms with E-state index >= 15 is 0 Å². The molecule has 1 atom stereocenters. The lowest BCUT2D eigenvalue weighted by molar-refractivity contribution is -0.132. The maximum absolute atomic E-state index is 12.3. The van der Waals surface area contributed by atoms with Crippen molar-refractivity contribution in [1.82, 2.24) is 14.7 Å². The Bertz CT molecular complexity index is 564. The lowest BCUT2D eigenvalue weighted by atomic mass is 10.2. The van der Waals surface area contributed by atoms with Crippen molar-refractivity contribution in [1.29, 1.82) is 0 Å². The van der Waals surface area contributed by atoms with Gasteiger partial charge in [0.25, 0.3) is 0 Å². The summed E-state index contributed by atoms with van der Waals surface area (Å²) < 4.78 is 0. The molecule has 2 saturated heterocycles. The van der Waals surface area contributed by atoms with E-state index in [2.05, 4.69) is 58.0 Å². The first-order valence-electron chi connectivity index (χ1n) is 9.68. The van der Waals surface area contributed by atoms with E-state index in [1.165, 1.54) is 18.4 Å². The normalized spacial score (nSPS) is 22.8. The predicted molar refractivity (Wildman–Crippen MR) is 103 cm³/mol. The molecule has 0 aliphatic carbocycles. The molecular formula is C21H31N3O. The molecule has 2 aliphatic heterocycles. The van der Waals surface area contributed by atoms with Crippen LogP contribution in [0.4, 0.5) is 0 Å². The molecule has 3 rings (SSSR count). The van der Waals surface area contributed by atoms with E-state index in [0.717, 1.165) is 45.8 Å². The highest BCUT2D eigenvalue weighted by atomic mass is 16.2. The van der Waals surface area contributed by atoms with Crippen LogP contribution < -0.4 is 0 Å². The van der Waals surface area contributed by atoms with Gasteiger partial charge in [-0.15, -0.1) is 0 Å². The Hall–Kier alpha value is -1.65. The second kappa shape index (κ2) is 9.16. The summed E-state index contributed by atoms with van der Waals surface area (Å²) in [5.74, 6) is 0.346. The van der Waals surface area contributed by atoms with Gasteiger partial charge in [0.1, 0.15) is 0 Å². The Morgan fingerprint density at radius 3 is 2.48 bits per heavy atom. The second-order valence-electron chi connectivity index (χ2n) is 7.28. The minimum Gasteiger partial charge on any atom is -0.340 e. The van der Waals surface area contributed by atoms with Crippen molar-refractivity contribution in [3.8, 4) is 0 Å². The van der Waals surface area contributed by atoms with E-state index in [4.69, 9.17) is 0 Å². The zero-order chi connectivity index (χ0) is 17.5. The summed E-state index contributed by atoms with van der Waals surface area (Å²) in [4.78, 5) is 19.3. The Labute approximate surface area is 152 Å². The molecule has 2 heterocycles. The molecule has 4 nitrogen and oxygen atoms in total. The summed E-state index contributed by atoms with van der Waals surface area (Å²) in [6.45, 7) is 9.38. The van der Waals surface area contributed by atoms with Crippen molar-refractivity contribution >= 4 is 12.0 Å². The van der Waals surface area contributed by atoms with Gasteiger partial charge in [-0.05, 0) is 25.3 Å². The zero-order valence-electron chi connectivity index (χ0n) is 15.4. The fourth-order valence-electron chi connectivity index (χ4n) is 3.80. The van der Waals surface area contributed by atoms with Gasteiger partial charge in [-0.25, -0.2) is 0 Å². The first-order valence-corrected chi connectivity index (χ1v) is 9.68. The Kier molecular flexibility index (Phi) is 6.65. The summed E-state index contributed by atoms with van der Waals surface area (Å²) in [6.07, 6.45) is 7.47. The van der Waals surface area contributed by atoms with Gasteiger partial charge in [-0.3, -0.25) is 9.69 Å². The van der Waals surface area contributed by atoms with E-state index in [0.29, 0.717) is 18.4 Å². The molecule has 0 aromatic heterocycles. The quantitative estimate of drug-likeness (QED) is 0.796. The number of amides is 1. The van der Waals surface area contributed by atoms with Crippen molar-refractivity contribution in [3.05, 3.63) is 42.0 Å². The smallest absolute Gasteiger partial charge is 0.224 e. The van der Waals surface area contributed by atoms with Crippen LogP contribution in [0.25, 0.3) is 6.08 Å². The van der Waals surface area contributed by atoms with Gasteiger partial charge in [-0.1, -0.05) is 42.5 Å². The van der Waals surface area contributed by atoms with Crippen molar-refractivity contribution in [2.24, 2.45) is 0 Å². The summed E-state index contributed by atoms with van der Waals surface area (Å²) in [5.41, 5.74) is 1.26. The minimum absolute atomic E-state index is 0.346. The van der Waals surface area contributed by atoms with Crippen LogP contribution in [0.2, 0.25) is 0 Å². The number of benzene rings is 1. The molecule has 2 aliphatic rings. The molecule has 1 aromatic carbocycles. The number of carbonyl (C=O) groups excluding carboxylic acids is 1. The SMILES string of the molecule is CC1CCCN1C(=O)CCN1CCN(CC=Cc2ccccc2)CC1. The van der Waals surface area contributed by atoms with Crippen LogP contribution in [-0.2, 0) is 4.79 Å². The molecule has 0 spiro atoms.